The predicted molar refractivity (Wildman–Crippen MR) is 83.7 cm³/mol. The first-order valence-corrected chi connectivity index (χ1v) is 8.59. The zero-order chi connectivity index (χ0) is 19.8. The van der Waals surface area contributed by atoms with Gasteiger partial charge in [0.05, 0.1) is 0 Å². The molecule has 0 aliphatic rings. The molecule has 0 fully saturated rings. The summed E-state index contributed by atoms with van der Waals surface area (Å²) in [6, 6.07) is 8.22. The van der Waals surface area contributed by atoms with Gasteiger partial charge in [-0.25, -0.2) is 13.2 Å². The van der Waals surface area contributed by atoms with E-state index in [4.69, 9.17) is 0 Å². The molecule has 0 radical (unpaired) electrons. The van der Waals surface area contributed by atoms with Crippen LogP contribution >= 0.6 is 0 Å². The van der Waals surface area contributed by atoms with Crippen LogP contribution in [-0.4, -0.2) is 13.4 Å². The van der Waals surface area contributed by atoms with Crippen LogP contribution in [0.2, 0.25) is 0 Å². The molecule has 0 spiro atoms. The highest BCUT2D eigenvalue weighted by Gasteiger charge is 2.30. The van der Waals surface area contributed by atoms with Gasteiger partial charge < -0.3 is 4.18 Å². The van der Waals surface area contributed by atoms with E-state index in [1.807, 2.05) is 0 Å². The first-order valence-electron chi connectivity index (χ1n) is 7.18. The van der Waals surface area contributed by atoms with Gasteiger partial charge in [-0.1, -0.05) is 18.2 Å². The van der Waals surface area contributed by atoms with Crippen LogP contribution in [0.3, 0.4) is 0 Å². The Hall–Kier alpha value is -3.01. The average Bonchev–Trinajstić information content (AvgIpc) is 2.69. The normalized spacial score (nSPS) is 11.4. The molecular formula is C17H8F5NO3S. The average molecular weight is 401 g/mol. The summed E-state index contributed by atoms with van der Waals surface area (Å²) in [5.41, 5.74) is 1.25. The van der Waals surface area contributed by atoms with E-state index in [2.05, 4.69) is 9.17 Å². The first-order chi connectivity index (χ1) is 12.7. The molecule has 3 aromatic rings. The second kappa shape index (κ2) is 6.95. The van der Waals surface area contributed by atoms with Crippen LogP contribution in [0, 0.1) is 29.1 Å². The van der Waals surface area contributed by atoms with E-state index in [-0.39, 0.29) is 0 Å². The molecule has 4 nitrogen and oxygen atoms in total. The third kappa shape index (κ3) is 3.47. The van der Waals surface area contributed by atoms with Crippen molar-refractivity contribution in [1.82, 2.24) is 4.98 Å². The SMILES string of the molecule is O=S(=O)(Oc1c(F)c(F)c(F)c(F)c1F)c1ccc(-c2cccnc2)cc1. The highest BCUT2D eigenvalue weighted by molar-refractivity contribution is 7.87. The highest BCUT2D eigenvalue weighted by Crippen LogP contribution is 2.31. The Morgan fingerprint density at radius 3 is 1.81 bits per heavy atom. The van der Waals surface area contributed by atoms with Gasteiger partial charge in [0.1, 0.15) is 4.90 Å². The smallest absolute Gasteiger partial charge is 0.339 e. The van der Waals surface area contributed by atoms with E-state index in [0.29, 0.717) is 11.1 Å². The minimum Gasteiger partial charge on any atom is -0.372 e. The number of pyridine rings is 1. The molecule has 1 aromatic heterocycles. The molecule has 0 saturated heterocycles. The van der Waals surface area contributed by atoms with Gasteiger partial charge >= 0.3 is 10.1 Å². The van der Waals surface area contributed by atoms with Gasteiger partial charge in [0.15, 0.2) is 0 Å². The topological polar surface area (TPSA) is 56.3 Å². The van der Waals surface area contributed by atoms with Gasteiger partial charge in [0.2, 0.25) is 34.8 Å². The summed E-state index contributed by atoms with van der Waals surface area (Å²) < 4.78 is 95.1. The van der Waals surface area contributed by atoms with Crippen molar-refractivity contribution in [2.75, 3.05) is 0 Å². The Balaban J connectivity index is 1.97. The highest BCUT2D eigenvalue weighted by atomic mass is 32.2. The van der Waals surface area contributed by atoms with Crippen molar-refractivity contribution < 1.29 is 34.6 Å². The molecule has 0 N–H and O–H groups in total. The van der Waals surface area contributed by atoms with E-state index >= 15 is 0 Å². The molecule has 0 aliphatic carbocycles. The zero-order valence-electron chi connectivity index (χ0n) is 13.1. The first kappa shape index (κ1) is 18.8. The van der Waals surface area contributed by atoms with Gasteiger partial charge in [-0.15, -0.1) is 0 Å². The van der Waals surface area contributed by atoms with Crippen LogP contribution in [0.25, 0.3) is 11.1 Å². The van der Waals surface area contributed by atoms with Crippen molar-refractivity contribution in [3.8, 4) is 16.9 Å². The number of hydrogen-bond donors (Lipinski definition) is 0. The molecule has 0 atom stereocenters. The van der Waals surface area contributed by atoms with E-state index in [0.717, 1.165) is 12.1 Å². The summed E-state index contributed by atoms with van der Waals surface area (Å²) >= 11 is 0. The standard InChI is InChI=1S/C17H8F5NO3S/c18-12-13(19)15(21)17(16(22)14(12)20)26-27(24,25)11-5-3-9(4-6-11)10-2-1-7-23-8-10/h1-8H. The fraction of sp³-hybridized carbons (Fsp3) is 0. The Morgan fingerprint density at radius 1 is 0.741 bits per heavy atom. The summed E-state index contributed by atoms with van der Waals surface area (Å²) in [5, 5.41) is 0. The van der Waals surface area contributed by atoms with Crippen molar-refractivity contribution in [3.05, 3.63) is 77.9 Å². The molecule has 3 rings (SSSR count). The van der Waals surface area contributed by atoms with Crippen LogP contribution in [-0.2, 0) is 10.1 Å². The molecule has 0 saturated carbocycles. The van der Waals surface area contributed by atoms with E-state index < -0.39 is 49.8 Å². The lowest BCUT2D eigenvalue weighted by Gasteiger charge is -2.11. The number of hydrogen-bond acceptors (Lipinski definition) is 4. The van der Waals surface area contributed by atoms with Gasteiger partial charge in [-0.05, 0) is 29.3 Å². The maximum Gasteiger partial charge on any atom is 0.339 e. The van der Waals surface area contributed by atoms with Crippen molar-refractivity contribution in [2.24, 2.45) is 0 Å². The van der Waals surface area contributed by atoms with Crippen molar-refractivity contribution in [1.29, 1.82) is 0 Å². The number of benzene rings is 2. The molecule has 0 bridgehead atoms. The Bertz CT molecular complexity index is 1070. The minimum atomic E-state index is -4.86. The van der Waals surface area contributed by atoms with Gasteiger partial charge in [0, 0.05) is 12.4 Å². The van der Waals surface area contributed by atoms with E-state index in [1.165, 1.54) is 18.3 Å². The zero-order valence-corrected chi connectivity index (χ0v) is 13.9. The summed E-state index contributed by atoms with van der Waals surface area (Å²) in [6.07, 6.45) is 3.06. The Kier molecular flexibility index (Phi) is 4.83. The second-order valence-corrected chi connectivity index (χ2v) is 6.75. The molecule has 1 heterocycles. The quantitative estimate of drug-likeness (QED) is 0.284. The number of rotatable bonds is 4. The minimum absolute atomic E-state index is 0.543. The lowest BCUT2D eigenvalue weighted by Crippen LogP contribution is -2.14. The molecule has 2 aromatic carbocycles. The van der Waals surface area contributed by atoms with Crippen molar-refractivity contribution in [2.45, 2.75) is 4.90 Å². The summed E-state index contributed by atoms with van der Waals surface area (Å²) in [5.74, 6) is -13.7. The number of aromatic nitrogens is 1. The van der Waals surface area contributed by atoms with Crippen LogP contribution in [0.5, 0.6) is 5.75 Å². The van der Waals surface area contributed by atoms with Gasteiger partial charge in [-0.3, -0.25) is 4.98 Å². The van der Waals surface area contributed by atoms with Gasteiger partial charge in [0.25, 0.3) is 0 Å². The summed E-state index contributed by atoms with van der Waals surface area (Å²) in [4.78, 5) is 3.36. The largest absolute Gasteiger partial charge is 0.372 e. The Morgan fingerprint density at radius 2 is 1.30 bits per heavy atom. The predicted octanol–water partition coefficient (Wildman–Crippen LogP) is 4.21. The molecule has 27 heavy (non-hydrogen) atoms. The molecule has 0 unspecified atom stereocenters. The lowest BCUT2D eigenvalue weighted by atomic mass is 10.1. The van der Waals surface area contributed by atoms with E-state index in [9.17, 15) is 30.4 Å². The second-order valence-electron chi connectivity index (χ2n) is 5.20. The van der Waals surface area contributed by atoms with Crippen molar-refractivity contribution >= 4 is 10.1 Å². The summed E-state index contributed by atoms with van der Waals surface area (Å²) in [7, 11) is -4.86. The van der Waals surface area contributed by atoms with Crippen molar-refractivity contribution in [3.63, 3.8) is 0 Å². The van der Waals surface area contributed by atoms with Crippen LogP contribution in [0.15, 0.2) is 53.7 Å². The summed E-state index contributed by atoms with van der Waals surface area (Å²) in [6.45, 7) is 0. The fourth-order valence-corrected chi connectivity index (χ4v) is 3.09. The molecule has 0 amide bonds. The number of nitrogens with zero attached hydrogens (tertiary/aromatic N) is 1. The van der Waals surface area contributed by atoms with Crippen LogP contribution in [0.4, 0.5) is 22.0 Å². The number of halogens is 5. The van der Waals surface area contributed by atoms with E-state index in [1.54, 1.807) is 18.3 Å². The molecule has 140 valence electrons. The van der Waals surface area contributed by atoms with Crippen LogP contribution < -0.4 is 4.18 Å². The fourth-order valence-electron chi connectivity index (χ4n) is 2.16. The monoisotopic (exact) mass is 401 g/mol. The Labute approximate surface area is 150 Å². The van der Waals surface area contributed by atoms with Crippen LogP contribution in [0.1, 0.15) is 0 Å². The third-order valence-electron chi connectivity index (χ3n) is 3.50. The molecular weight excluding hydrogens is 393 g/mol. The lowest BCUT2D eigenvalue weighted by molar-refractivity contribution is 0.346. The van der Waals surface area contributed by atoms with Gasteiger partial charge in [-0.2, -0.15) is 17.2 Å². The molecule has 10 heteroatoms. The maximum absolute atomic E-state index is 13.6. The third-order valence-corrected chi connectivity index (χ3v) is 4.74. The maximum atomic E-state index is 13.6. The molecule has 0 aliphatic heterocycles.